The second-order valence-corrected chi connectivity index (χ2v) is 28.2. The molecule has 498 valence electrons. The maximum absolute atomic E-state index is 2.60. The van der Waals surface area contributed by atoms with Gasteiger partial charge in [-0.15, -0.1) is 0 Å². The average Bonchev–Trinajstić information content (AvgIpc) is 1.55. The SMILES string of the molecule is c1ccc(-c2cc(-c3ccccc3)cc(-c3ccccc3N3c4ccc(-c5ccccc5-n5c6ccccc6c6ccccc65)cc4B4c5cc(-c6ccccc6-n6c7ccccc7c7ccccc76)ccc5N(c5ccccc5-c5cc(-c6ccccc6)cc(-c6ccccc6)c5)c5cccc3c54)c2)cc1. The fourth-order valence-electron chi connectivity index (χ4n) is 17.6. The number of hydrogen-bond acceptors (Lipinski definition) is 2. The van der Waals surface area contributed by atoms with E-state index < -0.39 is 0 Å². The first-order chi connectivity index (χ1) is 53.1. The number of rotatable bonds is 12. The molecule has 0 bridgehead atoms. The molecule has 0 amide bonds. The summed E-state index contributed by atoms with van der Waals surface area (Å²) in [7, 11) is 0. The van der Waals surface area contributed by atoms with Gasteiger partial charge in [0.2, 0.25) is 0 Å². The maximum atomic E-state index is 2.60. The van der Waals surface area contributed by atoms with Crippen LogP contribution in [0.25, 0.3) is 144 Å². The Kier molecular flexibility index (Phi) is 14.7. The fourth-order valence-corrected chi connectivity index (χ4v) is 17.6. The van der Waals surface area contributed by atoms with Crippen LogP contribution < -0.4 is 26.2 Å². The third kappa shape index (κ3) is 10.2. The fraction of sp³-hybridized carbons (Fsp3) is 0. The summed E-state index contributed by atoms with van der Waals surface area (Å²) in [5.74, 6) is 0. The van der Waals surface area contributed by atoms with Crippen LogP contribution in [0.4, 0.5) is 34.1 Å². The van der Waals surface area contributed by atoms with Crippen molar-refractivity contribution >= 4 is 101 Å². The molecule has 5 heteroatoms. The highest BCUT2D eigenvalue weighted by Gasteiger charge is 2.44. The van der Waals surface area contributed by atoms with Crippen molar-refractivity contribution in [3.8, 4) is 100 Å². The Morgan fingerprint density at radius 1 is 0.159 bits per heavy atom. The van der Waals surface area contributed by atoms with E-state index in [1.807, 2.05) is 0 Å². The van der Waals surface area contributed by atoms with E-state index in [9.17, 15) is 0 Å². The Morgan fingerprint density at radius 3 is 0.757 bits per heavy atom. The monoisotopic (exact) mass is 1360 g/mol. The summed E-state index contributed by atoms with van der Waals surface area (Å²) in [6.45, 7) is -0.268. The molecule has 4 heterocycles. The minimum absolute atomic E-state index is 0.268. The van der Waals surface area contributed by atoms with Gasteiger partial charge in [0.15, 0.2) is 0 Å². The second-order valence-electron chi connectivity index (χ2n) is 28.2. The van der Waals surface area contributed by atoms with Crippen molar-refractivity contribution in [3.63, 3.8) is 0 Å². The highest BCUT2D eigenvalue weighted by Crippen LogP contribution is 2.51. The van der Waals surface area contributed by atoms with E-state index >= 15 is 0 Å². The molecule has 4 nitrogen and oxygen atoms in total. The highest BCUT2D eigenvalue weighted by molar-refractivity contribution is 7.00. The first kappa shape index (κ1) is 61.7. The van der Waals surface area contributed by atoms with Gasteiger partial charge in [-0.2, -0.15) is 0 Å². The van der Waals surface area contributed by atoms with Gasteiger partial charge in [-0.25, -0.2) is 0 Å². The Hall–Kier alpha value is -14.0. The number of fused-ring (bicyclic) bond motifs is 10. The highest BCUT2D eigenvalue weighted by atomic mass is 15.2. The molecule has 0 N–H and O–H groups in total. The van der Waals surface area contributed by atoms with E-state index in [1.165, 1.54) is 82.3 Å². The van der Waals surface area contributed by atoms with Crippen LogP contribution in [0.2, 0.25) is 0 Å². The first-order valence-electron chi connectivity index (χ1n) is 37.0. The van der Waals surface area contributed by atoms with E-state index in [0.29, 0.717) is 0 Å². The van der Waals surface area contributed by atoms with Gasteiger partial charge in [0.1, 0.15) is 0 Å². The summed E-state index contributed by atoms with van der Waals surface area (Å²) >= 11 is 0. The molecule has 2 aliphatic rings. The number of hydrogen-bond donors (Lipinski definition) is 0. The predicted molar refractivity (Wildman–Crippen MR) is 453 cm³/mol. The largest absolute Gasteiger partial charge is 0.311 e. The Bertz CT molecular complexity index is 6090. The number of para-hydroxylation sites is 8. The minimum atomic E-state index is -0.268. The number of anilines is 6. The molecule has 21 rings (SSSR count). The lowest BCUT2D eigenvalue weighted by molar-refractivity contribution is 1.18. The van der Waals surface area contributed by atoms with Crippen molar-refractivity contribution in [1.29, 1.82) is 0 Å². The second kappa shape index (κ2) is 25.5. The summed E-state index contributed by atoms with van der Waals surface area (Å²) in [5.41, 5.74) is 35.6. The summed E-state index contributed by atoms with van der Waals surface area (Å²) < 4.78 is 4.96. The van der Waals surface area contributed by atoms with Gasteiger partial charge >= 0.3 is 0 Å². The maximum Gasteiger partial charge on any atom is 0.252 e. The first-order valence-corrected chi connectivity index (χ1v) is 37.0. The molecule has 0 fully saturated rings. The van der Waals surface area contributed by atoms with Crippen LogP contribution in [0.15, 0.2) is 406 Å². The summed E-state index contributed by atoms with van der Waals surface area (Å²) in [6, 6.07) is 151. The van der Waals surface area contributed by atoms with Crippen molar-refractivity contribution < 1.29 is 0 Å². The Balaban J connectivity index is 0.848. The number of benzene rings is 17. The van der Waals surface area contributed by atoms with Crippen LogP contribution in [-0.2, 0) is 0 Å². The van der Waals surface area contributed by atoms with Gasteiger partial charge in [-0.3, -0.25) is 0 Å². The lowest BCUT2D eigenvalue weighted by atomic mass is 9.33. The molecular formula is C102H67BN4. The normalized spacial score (nSPS) is 12.2. The van der Waals surface area contributed by atoms with E-state index in [-0.39, 0.29) is 6.71 Å². The topological polar surface area (TPSA) is 16.3 Å². The average molecular weight is 1360 g/mol. The zero-order valence-corrected chi connectivity index (χ0v) is 58.5. The van der Waals surface area contributed by atoms with Crippen molar-refractivity contribution in [1.82, 2.24) is 9.13 Å². The molecule has 2 aromatic heterocycles. The molecule has 0 unspecified atom stereocenters. The third-order valence-electron chi connectivity index (χ3n) is 22.3. The standard InChI is InChI=1S/C102H67BN4/c1-5-30-68(31-6-1)74-60-75(69-32-7-2-8-33-69)63-78(62-74)82-40-15-23-48-92(82)106-98-58-56-72(80-38-13-21-46-90(80)104-94-50-25-17-42-84(94)85-43-18-26-51-95(85)104)66-88(98)103-89-67-73(81-39-14-22-47-91(81)105-96-52-27-19-44-86(96)87-45-20-28-53-97(87)105)57-59-99(89)107(101-55-29-54-100(106)102(101)103)93-49-24-16-41-83(93)79-64-76(70-34-9-3-10-35-70)61-77(65-79)71-36-11-4-12-37-71/h1-67H. The van der Waals surface area contributed by atoms with Crippen molar-refractivity contribution in [2.45, 2.75) is 0 Å². The van der Waals surface area contributed by atoms with E-state index in [1.54, 1.807) is 0 Å². The van der Waals surface area contributed by atoms with E-state index in [0.717, 1.165) is 112 Å². The zero-order valence-electron chi connectivity index (χ0n) is 58.5. The molecule has 19 aromatic rings. The lowest BCUT2D eigenvalue weighted by Gasteiger charge is -2.45. The van der Waals surface area contributed by atoms with Crippen LogP contribution in [0.1, 0.15) is 0 Å². The molecule has 0 spiro atoms. The molecular weight excluding hydrogens is 1290 g/mol. The van der Waals surface area contributed by atoms with Crippen LogP contribution in [0.5, 0.6) is 0 Å². The van der Waals surface area contributed by atoms with Gasteiger partial charge in [0.25, 0.3) is 6.71 Å². The van der Waals surface area contributed by atoms with Crippen LogP contribution in [0.3, 0.4) is 0 Å². The quantitative estimate of drug-likeness (QED) is 0.113. The Labute approximate surface area is 622 Å². The molecule has 17 aromatic carbocycles. The zero-order chi connectivity index (χ0) is 70.5. The molecule has 0 saturated carbocycles. The van der Waals surface area contributed by atoms with Gasteiger partial charge in [-0.1, -0.05) is 297 Å². The smallest absolute Gasteiger partial charge is 0.252 e. The summed E-state index contributed by atoms with van der Waals surface area (Å²) in [5, 5.41) is 4.92. The van der Waals surface area contributed by atoms with Gasteiger partial charge in [0, 0.05) is 66.5 Å². The molecule has 107 heavy (non-hydrogen) atoms. The van der Waals surface area contributed by atoms with Gasteiger partial charge in [-0.05, 0) is 192 Å². The number of nitrogens with zero attached hydrogens (tertiary/aromatic N) is 4. The molecule has 0 aliphatic carbocycles. The van der Waals surface area contributed by atoms with Crippen molar-refractivity contribution in [2.24, 2.45) is 0 Å². The van der Waals surface area contributed by atoms with E-state index in [4.69, 9.17) is 0 Å². The van der Waals surface area contributed by atoms with Gasteiger partial charge < -0.3 is 18.9 Å². The van der Waals surface area contributed by atoms with Crippen LogP contribution >= 0.6 is 0 Å². The van der Waals surface area contributed by atoms with Crippen molar-refractivity contribution in [3.05, 3.63) is 406 Å². The molecule has 2 aliphatic heterocycles. The Morgan fingerprint density at radius 2 is 0.421 bits per heavy atom. The van der Waals surface area contributed by atoms with Gasteiger partial charge in [0.05, 0.1) is 44.8 Å². The van der Waals surface area contributed by atoms with Crippen molar-refractivity contribution in [2.75, 3.05) is 9.80 Å². The van der Waals surface area contributed by atoms with Crippen LogP contribution in [-0.4, -0.2) is 15.8 Å². The molecule has 0 saturated heterocycles. The van der Waals surface area contributed by atoms with Crippen LogP contribution in [0, 0.1) is 0 Å². The summed E-state index contributed by atoms with van der Waals surface area (Å²) in [6.07, 6.45) is 0. The molecule has 0 atom stereocenters. The van der Waals surface area contributed by atoms with E-state index in [2.05, 4.69) is 425 Å². The summed E-state index contributed by atoms with van der Waals surface area (Å²) in [4.78, 5) is 5.21. The third-order valence-corrected chi connectivity index (χ3v) is 22.3. The lowest BCUT2D eigenvalue weighted by Crippen LogP contribution is -2.61. The minimum Gasteiger partial charge on any atom is -0.311 e. The number of aromatic nitrogens is 2. The predicted octanol–water partition coefficient (Wildman–Crippen LogP) is 25.3. The molecule has 0 radical (unpaired) electrons.